The van der Waals surface area contributed by atoms with Gasteiger partial charge in [0.25, 0.3) is 0 Å². The van der Waals surface area contributed by atoms with Crippen molar-refractivity contribution in [3.05, 3.63) is 156 Å². The molecule has 51 heavy (non-hydrogen) atoms. The number of nitrogens with zero attached hydrogens (tertiary/aromatic N) is 2. The van der Waals surface area contributed by atoms with E-state index in [1.807, 2.05) is 109 Å². The number of nitrogens with one attached hydrogen (secondary N) is 3. The van der Waals surface area contributed by atoms with Crippen molar-refractivity contribution in [1.29, 1.82) is 0 Å². The Kier molecular flexibility index (Phi) is 12.1. The van der Waals surface area contributed by atoms with Gasteiger partial charge in [-0.25, -0.2) is 9.37 Å². The van der Waals surface area contributed by atoms with E-state index in [1.165, 1.54) is 18.2 Å². The van der Waals surface area contributed by atoms with Gasteiger partial charge in [0.1, 0.15) is 17.4 Å². The lowest BCUT2D eigenvalue weighted by Gasteiger charge is -2.39. The number of anilines is 1. The van der Waals surface area contributed by atoms with Gasteiger partial charge in [0.2, 0.25) is 5.91 Å². The van der Waals surface area contributed by atoms with Crippen molar-refractivity contribution in [1.82, 2.24) is 20.2 Å². The van der Waals surface area contributed by atoms with Gasteiger partial charge in [0.15, 0.2) is 5.78 Å². The molecule has 0 saturated heterocycles. The van der Waals surface area contributed by atoms with Crippen LogP contribution < -0.4 is 16.0 Å². The maximum absolute atomic E-state index is 14.1. The van der Waals surface area contributed by atoms with E-state index in [0.29, 0.717) is 5.69 Å². The van der Waals surface area contributed by atoms with E-state index >= 15 is 0 Å². The number of alkyl halides is 1. The molecule has 1 heterocycles. The minimum atomic E-state index is -1.18. The topological polar surface area (TPSA) is 122 Å². The molecule has 3 amide bonds. The standard InChI is InChI=1S/C40H39ClFN5O4/c1-27(2)22-35(46-39(51)38(50)44-33-21-13-12-20-32(33)42)37(49)45-34(36(48)24-41)23-31-25-43-26-47(31)40(28-14-6-3-7-15-28,29-16-8-4-9-17-29)30-18-10-5-11-19-30/h3-21,25-27,34-35H,22-24H2,1-2H3,(H,44,50)(H,45,49)(H,46,51)/t34-,35-/m0/s1. The van der Waals surface area contributed by atoms with Crippen molar-refractivity contribution in [2.75, 3.05) is 11.2 Å². The number of hydrogen-bond donors (Lipinski definition) is 3. The lowest BCUT2D eigenvalue weighted by molar-refractivity contribution is -0.138. The summed E-state index contributed by atoms with van der Waals surface area (Å²) in [5, 5.41) is 7.48. The lowest BCUT2D eigenvalue weighted by atomic mass is 9.76. The summed E-state index contributed by atoms with van der Waals surface area (Å²) >= 11 is 6.09. The second-order valence-corrected chi connectivity index (χ2v) is 12.8. The third kappa shape index (κ3) is 8.41. The van der Waals surface area contributed by atoms with Gasteiger partial charge >= 0.3 is 11.8 Å². The van der Waals surface area contributed by atoms with Crippen molar-refractivity contribution in [3.63, 3.8) is 0 Å². The molecule has 0 aliphatic heterocycles. The fraction of sp³-hybridized carbons (Fsp3) is 0.225. The number of Topliss-reactive ketones (excluding diaryl/α,β-unsaturated/α-hetero) is 1. The van der Waals surface area contributed by atoms with Crippen molar-refractivity contribution >= 4 is 40.8 Å². The van der Waals surface area contributed by atoms with Crippen LogP contribution in [0.25, 0.3) is 0 Å². The van der Waals surface area contributed by atoms with Crippen LogP contribution in [0.2, 0.25) is 0 Å². The normalized spacial score (nSPS) is 12.5. The molecule has 0 unspecified atom stereocenters. The molecule has 9 nitrogen and oxygen atoms in total. The zero-order chi connectivity index (χ0) is 36.4. The van der Waals surface area contributed by atoms with Crippen LogP contribution in [0.4, 0.5) is 10.1 Å². The monoisotopic (exact) mass is 707 g/mol. The smallest absolute Gasteiger partial charge is 0.313 e. The van der Waals surface area contributed by atoms with Gasteiger partial charge in [-0.05, 0) is 41.2 Å². The second-order valence-electron chi connectivity index (χ2n) is 12.5. The molecule has 0 aliphatic rings. The molecule has 11 heteroatoms. The van der Waals surface area contributed by atoms with Gasteiger partial charge < -0.3 is 20.5 Å². The van der Waals surface area contributed by atoms with E-state index in [4.69, 9.17) is 11.6 Å². The molecule has 262 valence electrons. The van der Waals surface area contributed by atoms with Crippen LogP contribution in [-0.4, -0.2) is 51.0 Å². The number of carbonyl (C=O) groups is 4. The highest BCUT2D eigenvalue weighted by atomic mass is 35.5. The van der Waals surface area contributed by atoms with Crippen LogP contribution in [0.1, 0.15) is 42.7 Å². The van der Waals surface area contributed by atoms with Gasteiger partial charge in [-0.3, -0.25) is 19.2 Å². The Morgan fingerprint density at radius 1 is 0.745 bits per heavy atom. The first-order chi connectivity index (χ1) is 24.6. The molecule has 2 atom stereocenters. The SMILES string of the molecule is CC(C)C[C@H](NC(=O)C(=O)Nc1ccccc1F)C(=O)N[C@@H](Cc1cncn1C(c1ccccc1)(c1ccccc1)c1ccccc1)C(=O)CCl. The summed E-state index contributed by atoms with van der Waals surface area (Å²) in [7, 11) is 0. The van der Waals surface area contributed by atoms with Crippen molar-refractivity contribution < 1.29 is 23.6 Å². The van der Waals surface area contributed by atoms with E-state index in [0.717, 1.165) is 22.8 Å². The van der Waals surface area contributed by atoms with Gasteiger partial charge in [0.05, 0.1) is 23.9 Å². The summed E-state index contributed by atoms with van der Waals surface area (Å²) in [4.78, 5) is 57.3. The Balaban J connectivity index is 1.48. The summed E-state index contributed by atoms with van der Waals surface area (Å²) in [6.45, 7) is 3.70. The number of amides is 3. The number of rotatable bonds is 14. The van der Waals surface area contributed by atoms with Crippen LogP contribution in [0.5, 0.6) is 0 Å². The van der Waals surface area contributed by atoms with E-state index in [9.17, 15) is 23.6 Å². The Morgan fingerprint density at radius 2 is 1.27 bits per heavy atom. The van der Waals surface area contributed by atoms with Gasteiger partial charge in [-0.1, -0.05) is 117 Å². The van der Waals surface area contributed by atoms with Crippen LogP contribution in [0.3, 0.4) is 0 Å². The van der Waals surface area contributed by atoms with Crippen molar-refractivity contribution in [2.45, 2.75) is 44.3 Å². The zero-order valence-corrected chi connectivity index (χ0v) is 29.0. The highest BCUT2D eigenvalue weighted by molar-refractivity contribution is 6.40. The molecule has 4 aromatic carbocycles. The summed E-state index contributed by atoms with van der Waals surface area (Å²) in [5.74, 6) is -4.57. The van der Waals surface area contributed by atoms with E-state index in [1.54, 1.807) is 12.5 Å². The molecule has 3 N–H and O–H groups in total. The van der Waals surface area contributed by atoms with Gasteiger partial charge in [-0.2, -0.15) is 0 Å². The number of halogens is 2. The maximum Gasteiger partial charge on any atom is 0.313 e. The highest BCUT2D eigenvalue weighted by Crippen LogP contribution is 2.41. The first kappa shape index (κ1) is 36.7. The Morgan fingerprint density at radius 3 is 1.78 bits per heavy atom. The first-order valence-electron chi connectivity index (χ1n) is 16.6. The molecule has 0 spiro atoms. The van der Waals surface area contributed by atoms with Crippen LogP contribution >= 0.6 is 11.6 Å². The summed E-state index contributed by atoms with van der Waals surface area (Å²) in [5.41, 5.74) is 2.36. The number of ketones is 1. The Hall–Kier alpha value is -5.61. The third-order valence-corrected chi connectivity index (χ3v) is 8.82. The maximum atomic E-state index is 14.1. The number of aromatic nitrogens is 2. The second kappa shape index (κ2) is 16.9. The number of carbonyl (C=O) groups excluding carboxylic acids is 4. The van der Waals surface area contributed by atoms with E-state index in [2.05, 4.69) is 20.9 Å². The van der Waals surface area contributed by atoms with Crippen molar-refractivity contribution in [2.24, 2.45) is 5.92 Å². The fourth-order valence-electron chi connectivity index (χ4n) is 6.22. The van der Waals surface area contributed by atoms with E-state index < -0.39 is 46.9 Å². The summed E-state index contributed by atoms with van der Waals surface area (Å²) < 4.78 is 16.1. The Bertz CT molecular complexity index is 1860. The fourth-order valence-corrected chi connectivity index (χ4v) is 6.41. The van der Waals surface area contributed by atoms with Crippen LogP contribution in [0.15, 0.2) is 128 Å². The molecular weight excluding hydrogens is 669 g/mol. The Labute approximate surface area is 301 Å². The van der Waals surface area contributed by atoms with Gasteiger partial charge in [0, 0.05) is 18.3 Å². The van der Waals surface area contributed by atoms with Crippen LogP contribution in [0, 0.1) is 11.7 Å². The highest BCUT2D eigenvalue weighted by Gasteiger charge is 2.40. The molecule has 5 rings (SSSR count). The van der Waals surface area contributed by atoms with E-state index in [-0.39, 0.29) is 30.3 Å². The zero-order valence-electron chi connectivity index (χ0n) is 28.3. The first-order valence-corrected chi connectivity index (χ1v) is 17.1. The van der Waals surface area contributed by atoms with Crippen LogP contribution in [-0.2, 0) is 31.1 Å². The lowest BCUT2D eigenvalue weighted by Crippen LogP contribution is -2.54. The van der Waals surface area contributed by atoms with Gasteiger partial charge in [-0.15, -0.1) is 11.6 Å². The quantitative estimate of drug-likeness (QED) is 0.0758. The molecule has 0 bridgehead atoms. The summed E-state index contributed by atoms with van der Waals surface area (Å²) in [6, 6.07) is 33.0. The molecule has 0 radical (unpaired) electrons. The predicted molar refractivity (Wildman–Crippen MR) is 195 cm³/mol. The predicted octanol–water partition coefficient (Wildman–Crippen LogP) is 5.87. The number of imidazole rings is 1. The molecular formula is C40H39ClFN5O4. The average Bonchev–Trinajstić information content (AvgIpc) is 3.61. The molecule has 0 saturated carbocycles. The summed E-state index contributed by atoms with van der Waals surface area (Å²) in [6.07, 6.45) is 3.54. The minimum Gasteiger partial charge on any atom is -0.344 e. The number of para-hydroxylation sites is 1. The van der Waals surface area contributed by atoms with Crippen molar-refractivity contribution in [3.8, 4) is 0 Å². The number of benzene rings is 4. The molecule has 0 fully saturated rings. The number of hydrogen-bond acceptors (Lipinski definition) is 5. The molecule has 1 aromatic heterocycles. The molecule has 0 aliphatic carbocycles. The molecule has 5 aromatic rings. The largest absolute Gasteiger partial charge is 0.344 e. The average molecular weight is 708 g/mol. The third-order valence-electron chi connectivity index (χ3n) is 8.56. The minimum absolute atomic E-state index is 0.0155.